The average molecular weight is 304 g/mol. The number of aryl methyl sites for hydroxylation is 1. The van der Waals surface area contributed by atoms with Crippen LogP contribution in [0.3, 0.4) is 0 Å². The van der Waals surface area contributed by atoms with Crippen LogP contribution in [0.4, 0.5) is 0 Å². The Morgan fingerprint density at radius 1 is 1.45 bits per heavy atom. The Balaban J connectivity index is 1.64. The molecular weight excluding hydrogens is 276 g/mol. The maximum atomic E-state index is 12.9. The Morgan fingerprint density at radius 2 is 2.27 bits per heavy atom. The normalized spacial score (nSPS) is 28.7. The molecule has 5 nitrogen and oxygen atoms in total. The molecule has 2 saturated heterocycles. The van der Waals surface area contributed by atoms with Crippen molar-refractivity contribution in [2.45, 2.75) is 32.6 Å². The predicted molar refractivity (Wildman–Crippen MR) is 86.5 cm³/mol. The fraction of sp³-hybridized carbons (Fsp3) is 0.765. The van der Waals surface area contributed by atoms with Crippen molar-refractivity contribution >= 4 is 5.91 Å². The Hall–Kier alpha value is -1.36. The number of rotatable bonds is 4. The van der Waals surface area contributed by atoms with Gasteiger partial charge in [0.25, 0.3) is 0 Å². The van der Waals surface area contributed by atoms with E-state index in [9.17, 15) is 4.79 Å². The first kappa shape index (κ1) is 15.5. The van der Waals surface area contributed by atoms with E-state index in [0.717, 1.165) is 32.1 Å². The van der Waals surface area contributed by atoms with Crippen LogP contribution in [0.2, 0.25) is 0 Å². The van der Waals surface area contributed by atoms with Crippen molar-refractivity contribution in [3.8, 4) is 0 Å². The molecule has 122 valence electrons. The van der Waals surface area contributed by atoms with Crippen LogP contribution in [0.25, 0.3) is 0 Å². The van der Waals surface area contributed by atoms with Gasteiger partial charge in [0, 0.05) is 45.3 Å². The highest BCUT2D eigenvalue weighted by molar-refractivity contribution is 5.81. The van der Waals surface area contributed by atoms with Gasteiger partial charge in [0.2, 0.25) is 5.91 Å². The fourth-order valence-electron chi connectivity index (χ4n) is 4.05. The lowest BCUT2D eigenvalue weighted by molar-refractivity contribution is -0.134. The van der Waals surface area contributed by atoms with Gasteiger partial charge in [0.15, 0.2) is 0 Å². The molecule has 2 fully saturated rings. The molecule has 1 aromatic heterocycles. The molecule has 3 atom stereocenters. The second kappa shape index (κ2) is 6.41. The van der Waals surface area contributed by atoms with Crippen LogP contribution >= 0.6 is 0 Å². The molecule has 3 heterocycles. The highest BCUT2D eigenvalue weighted by Gasteiger charge is 2.39. The van der Waals surface area contributed by atoms with Crippen LogP contribution in [0, 0.1) is 17.8 Å². The summed E-state index contributed by atoms with van der Waals surface area (Å²) in [7, 11) is 1.93. The van der Waals surface area contributed by atoms with Crippen molar-refractivity contribution in [1.82, 2.24) is 20.0 Å². The van der Waals surface area contributed by atoms with Crippen LogP contribution in [0.5, 0.6) is 0 Å². The van der Waals surface area contributed by atoms with Gasteiger partial charge in [0.1, 0.15) is 0 Å². The van der Waals surface area contributed by atoms with Gasteiger partial charge < -0.3 is 10.2 Å². The summed E-state index contributed by atoms with van der Waals surface area (Å²) in [5, 5.41) is 7.65. The molecule has 3 rings (SSSR count). The Bertz CT molecular complexity index is 524. The smallest absolute Gasteiger partial charge is 0.227 e. The number of nitrogens with one attached hydrogen (secondary N) is 1. The zero-order valence-corrected chi connectivity index (χ0v) is 14.0. The number of nitrogens with zero attached hydrogens (tertiary/aromatic N) is 3. The van der Waals surface area contributed by atoms with Crippen LogP contribution in [-0.2, 0) is 11.8 Å². The minimum absolute atomic E-state index is 0.0713. The van der Waals surface area contributed by atoms with Gasteiger partial charge in [-0.2, -0.15) is 5.10 Å². The Morgan fingerprint density at radius 3 is 2.95 bits per heavy atom. The second-order valence-electron chi connectivity index (χ2n) is 7.39. The molecule has 1 aromatic rings. The van der Waals surface area contributed by atoms with Crippen molar-refractivity contribution in [3.63, 3.8) is 0 Å². The van der Waals surface area contributed by atoms with E-state index >= 15 is 0 Å². The summed E-state index contributed by atoms with van der Waals surface area (Å²) < 4.78 is 1.82. The number of likely N-dealkylation sites (tertiary alicyclic amines) is 1. The zero-order valence-electron chi connectivity index (χ0n) is 14.0. The summed E-state index contributed by atoms with van der Waals surface area (Å²) in [5.74, 6) is 2.09. The van der Waals surface area contributed by atoms with E-state index in [1.54, 1.807) is 0 Å². The first-order valence-corrected chi connectivity index (χ1v) is 8.52. The molecular formula is C17H28N4O. The first-order valence-electron chi connectivity index (χ1n) is 8.52. The molecule has 1 amide bonds. The molecule has 0 radical (unpaired) electrons. The molecule has 2 aliphatic rings. The predicted octanol–water partition coefficient (Wildman–Crippen LogP) is 1.62. The highest BCUT2D eigenvalue weighted by Crippen LogP contribution is 2.32. The molecule has 0 aromatic carbocycles. The summed E-state index contributed by atoms with van der Waals surface area (Å²) >= 11 is 0. The lowest BCUT2D eigenvalue weighted by Gasteiger charge is -2.24. The van der Waals surface area contributed by atoms with Crippen LogP contribution in [-0.4, -0.2) is 46.8 Å². The van der Waals surface area contributed by atoms with E-state index in [1.165, 1.54) is 18.4 Å². The molecule has 22 heavy (non-hydrogen) atoms. The summed E-state index contributed by atoms with van der Waals surface area (Å²) in [6, 6.07) is 0. The van der Waals surface area contributed by atoms with Gasteiger partial charge in [-0.25, -0.2) is 0 Å². The number of hydrogen-bond acceptors (Lipinski definition) is 3. The summed E-state index contributed by atoms with van der Waals surface area (Å²) in [6.45, 7) is 8.10. The standard InChI is InChI=1S/C17H28N4O/c1-12(2)6-13-4-5-21(10-13)17(22)16-9-18-8-15(16)14-7-19-20(3)11-14/h7,11-13,15-16,18H,4-6,8-10H2,1-3H3/t13?,15-,16+/m1/s1. The molecule has 1 unspecified atom stereocenters. The molecule has 5 heteroatoms. The molecule has 0 spiro atoms. The molecule has 0 bridgehead atoms. The highest BCUT2D eigenvalue weighted by atomic mass is 16.2. The summed E-state index contributed by atoms with van der Waals surface area (Å²) in [5.41, 5.74) is 1.18. The molecule has 1 N–H and O–H groups in total. The van der Waals surface area contributed by atoms with E-state index in [4.69, 9.17) is 0 Å². The van der Waals surface area contributed by atoms with Gasteiger partial charge in [-0.05, 0) is 30.2 Å². The van der Waals surface area contributed by atoms with Gasteiger partial charge >= 0.3 is 0 Å². The van der Waals surface area contributed by atoms with E-state index < -0.39 is 0 Å². The SMILES string of the molecule is CC(C)CC1CCN(C(=O)[C@H]2CNC[C@@H]2c2cnn(C)c2)C1. The number of carbonyl (C=O) groups excluding carboxylic acids is 1. The third kappa shape index (κ3) is 3.19. The van der Waals surface area contributed by atoms with Crippen molar-refractivity contribution in [1.29, 1.82) is 0 Å². The topological polar surface area (TPSA) is 50.2 Å². The van der Waals surface area contributed by atoms with Crippen LogP contribution in [0.15, 0.2) is 12.4 Å². The van der Waals surface area contributed by atoms with E-state index in [2.05, 4.69) is 29.2 Å². The van der Waals surface area contributed by atoms with Crippen molar-refractivity contribution in [3.05, 3.63) is 18.0 Å². The third-order valence-corrected chi connectivity index (χ3v) is 5.09. The Kier molecular flexibility index (Phi) is 4.52. The van der Waals surface area contributed by atoms with E-state index in [1.807, 2.05) is 24.1 Å². The van der Waals surface area contributed by atoms with Gasteiger partial charge in [-0.15, -0.1) is 0 Å². The van der Waals surface area contributed by atoms with Crippen molar-refractivity contribution < 1.29 is 4.79 Å². The number of amides is 1. The van der Waals surface area contributed by atoms with Gasteiger partial charge in [0.05, 0.1) is 12.1 Å². The van der Waals surface area contributed by atoms with Crippen LogP contribution < -0.4 is 5.32 Å². The number of carbonyl (C=O) groups is 1. The minimum Gasteiger partial charge on any atom is -0.342 e. The van der Waals surface area contributed by atoms with Gasteiger partial charge in [-0.1, -0.05) is 13.8 Å². The van der Waals surface area contributed by atoms with Crippen LogP contribution in [0.1, 0.15) is 38.2 Å². The first-order chi connectivity index (χ1) is 10.5. The van der Waals surface area contributed by atoms with Crippen molar-refractivity contribution in [2.24, 2.45) is 24.8 Å². The average Bonchev–Trinajstić information content (AvgIpc) is 3.16. The van der Waals surface area contributed by atoms with E-state index in [-0.39, 0.29) is 11.8 Å². The maximum absolute atomic E-state index is 12.9. The number of hydrogen-bond donors (Lipinski definition) is 1. The third-order valence-electron chi connectivity index (χ3n) is 5.09. The monoisotopic (exact) mass is 304 g/mol. The fourth-order valence-corrected chi connectivity index (χ4v) is 4.05. The maximum Gasteiger partial charge on any atom is 0.227 e. The Labute approximate surface area is 133 Å². The molecule has 0 aliphatic carbocycles. The molecule has 2 aliphatic heterocycles. The van der Waals surface area contributed by atoms with E-state index in [0.29, 0.717) is 11.8 Å². The lowest BCUT2D eigenvalue weighted by atomic mass is 9.90. The summed E-state index contributed by atoms with van der Waals surface area (Å²) in [6.07, 6.45) is 6.35. The molecule has 0 saturated carbocycles. The lowest BCUT2D eigenvalue weighted by Crippen LogP contribution is -2.37. The number of aromatic nitrogens is 2. The zero-order chi connectivity index (χ0) is 15.7. The van der Waals surface area contributed by atoms with Crippen molar-refractivity contribution in [2.75, 3.05) is 26.2 Å². The second-order valence-corrected chi connectivity index (χ2v) is 7.39. The summed E-state index contributed by atoms with van der Waals surface area (Å²) in [4.78, 5) is 15.0. The minimum atomic E-state index is 0.0713. The van der Waals surface area contributed by atoms with Gasteiger partial charge in [-0.3, -0.25) is 9.48 Å². The quantitative estimate of drug-likeness (QED) is 0.919. The largest absolute Gasteiger partial charge is 0.342 e.